The Kier molecular flexibility index (Phi) is 48.3. The van der Waals surface area contributed by atoms with E-state index in [9.17, 15) is 15.0 Å². The third-order valence-corrected chi connectivity index (χ3v) is 11.5. The second-order valence-electron chi connectivity index (χ2n) is 17.2. The molecule has 0 rings (SSSR count). The zero-order chi connectivity index (χ0) is 42.8. The van der Waals surface area contributed by atoms with E-state index in [1.165, 1.54) is 148 Å². The molecule has 4 heteroatoms. The van der Waals surface area contributed by atoms with Crippen molar-refractivity contribution in [1.29, 1.82) is 0 Å². The molecule has 0 aromatic heterocycles. The number of allylic oxidation sites excluding steroid dienone is 12. The molecule has 0 fully saturated rings. The first-order valence-electron chi connectivity index (χ1n) is 25.6. The summed E-state index contributed by atoms with van der Waals surface area (Å²) in [6.45, 7) is 4.25. The first-order chi connectivity index (χ1) is 29.2. The van der Waals surface area contributed by atoms with Gasteiger partial charge >= 0.3 is 0 Å². The van der Waals surface area contributed by atoms with Crippen molar-refractivity contribution in [3.05, 3.63) is 72.9 Å². The fourth-order valence-corrected chi connectivity index (χ4v) is 7.60. The number of amides is 1. The van der Waals surface area contributed by atoms with Gasteiger partial charge < -0.3 is 15.5 Å². The predicted octanol–water partition coefficient (Wildman–Crippen LogP) is 16.6. The summed E-state index contributed by atoms with van der Waals surface area (Å²) in [4.78, 5) is 12.5. The molecule has 0 spiro atoms. The van der Waals surface area contributed by atoms with Crippen LogP contribution in [0.2, 0.25) is 0 Å². The van der Waals surface area contributed by atoms with E-state index in [1.54, 1.807) is 0 Å². The molecule has 3 N–H and O–H groups in total. The molecule has 0 radical (unpaired) electrons. The normalized spacial score (nSPS) is 13.5. The number of unbranched alkanes of at least 4 members (excludes halogenated alkanes) is 27. The van der Waals surface area contributed by atoms with Crippen LogP contribution in [-0.4, -0.2) is 34.9 Å². The van der Waals surface area contributed by atoms with E-state index in [4.69, 9.17) is 0 Å². The molecule has 0 aliphatic heterocycles. The average molecular weight is 822 g/mol. The molecular formula is C55H99NO3. The van der Waals surface area contributed by atoms with Gasteiger partial charge in [-0.2, -0.15) is 0 Å². The Balaban J connectivity index is 3.56. The van der Waals surface area contributed by atoms with Gasteiger partial charge in [-0.3, -0.25) is 4.79 Å². The Morgan fingerprint density at radius 2 is 0.746 bits per heavy atom. The van der Waals surface area contributed by atoms with Crippen LogP contribution in [0, 0.1) is 0 Å². The van der Waals surface area contributed by atoms with Gasteiger partial charge in [0, 0.05) is 6.42 Å². The Bertz CT molecular complexity index is 1020. The van der Waals surface area contributed by atoms with Gasteiger partial charge in [0.1, 0.15) is 0 Å². The molecule has 1 amide bonds. The lowest BCUT2D eigenvalue weighted by molar-refractivity contribution is -0.123. The first-order valence-corrected chi connectivity index (χ1v) is 25.6. The van der Waals surface area contributed by atoms with Gasteiger partial charge in [0.25, 0.3) is 0 Å². The van der Waals surface area contributed by atoms with Gasteiger partial charge in [0.05, 0.1) is 18.8 Å². The van der Waals surface area contributed by atoms with Crippen LogP contribution in [0.5, 0.6) is 0 Å². The van der Waals surface area contributed by atoms with Gasteiger partial charge in [-0.15, -0.1) is 0 Å². The highest BCUT2D eigenvalue weighted by Gasteiger charge is 2.20. The second kappa shape index (κ2) is 50.2. The van der Waals surface area contributed by atoms with Crippen molar-refractivity contribution in [2.45, 2.75) is 264 Å². The predicted molar refractivity (Wildman–Crippen MR) is 262 cm³/mol. The van der Waals surface area contributed by atoms with Crippen molar-refractivity contribution in [3.63, 3.8) is 0 Å². The third-order valence-electron chi connectivity index (χ3n) is 11.5. The summed E-state index contributed by atoms with van der Waals surface area (Å²) in [6.07, 6.45) is 71.4. The number of aliphatic hydroxyl groups is 2. The van der Waals surface area contributed by atoms with Crippen LogP contribution in [-0.2, 0) is 4.79 Å². The minimum atomic E-state index is -0.671. The molecule has 0 aliphatic carbocycles. The highest BCUT2D eigenvalue weighted by molar-refractivity contribution is 5.76. The molecule has 4 nitrogen and oxygen atoms in total. The number of carbonyl (C=O) groups is 1. The summed E-state index contributed by atoms with van der Waals surface area (Å²) in [5.41, 5.74) is 0. The van der Waals surface area contributed by atoms with E-state index in [0.29, 0.717) is 12.8 Å². The van der Waals surface area contributed by atoms with Crippen molar-refractivity contribution >= 4 is 5.91 Å². The van der Waals surface area contributed by atoms with E-state index < -0.39 is 12.1 Å². The van der Waals surface area contributed by atoms with E-state index in [-0.39, 0.29) is 12.5 Å². The van der Waals surface area contributed by atoms with Crippen LogP contribution in [0.25, 0.3) is 0 Å². The van der Waals surface area contributed by atoms with Gasteiger partial charge in [0.2, 0.25) is 5.91 Å². The summed E-state index contributed by atoms with van der Waals surface area (Å²) >= 11 is 0. The number of hydrogen-bond donors (Lipinski definition) is 3. The number of nitrogens with one attached hydrogen (secondary N) is 1. The molecule has 0 heterocycles. The van der Waals surface area contributed by atoms with Crippen LogP contribution < -0.4 is 5.32 Å². The highest BCUT2D eigenvalue weighted by atomic mass is 16.3. The molecule has 0 saturated heterocycles. The molecule has 342 valence electrons. The highest BCUT2D eigenvalue weighted by Crippen LogP contribution is 2.16. The van der Waals surface area contributed by atoms with E-state index in [0.717, 1.165) is 77.0 Å². The molecule has 0 aromatic rings. The SMILES string of the molecule is CC/C=C\C/C=C\C/C=C\C/C=C\C/C=C\C/C=C\CCCCCCCCC(=O)NC(CO)C(O)CCCCCCCCCCCCCCCCCCCCCCCC. The van der Waals surface area contributed by atoms with E-state index in [2.05, 4.69) is 92.1 Å². The smallest absolute Gasteiger partial charge is 0.220 e. The molecule has 0 saturated carbocycles. The van der Waals surface area contributed by atoms with Crippen LogP contribution in [0.1, 0.15) is 251 Å². The van der Waals surface area contributed by atoms with Crippen LogP contribution >= 0.6 is 0 Å². The number of carbonyl (C=O) groups excluding carboxylic acids is 1. The minimum Gasteiger partial charge on any atom is -0.394 e. The Hall–Kier alpha value is -2.17. The molecule has 59 heavy (non-hydrogen) atoms. The van der Waals surface area contributed by atoms with Gasteiger partial charge in [-0.25, -0.2) is 0 Å². The zero-order valence-electron chi connectivity index (χ0n) is 39.3. The van der Waals surface area contributed by atoms with Gasteiger partial charge in [0.15, 0.2) is 0 Å². The van der Waals surface area contributed by atoms with E-state index >= 15 is 0 Å². The number of hydrogen-bond acceptors (Lipinski definition) is 3. The lowest BCUT2D eigenvalue weighted by Gasteiger charge is -2.22. The van der Waals surface area contributed by atoms with Gasteiger partial charge in [-0.05, 0) is 64.2 Å². The van der Waals surface area contributed by atoms with Crippen LogP contribution in [0.3, 0.4) is 0 Å². The fraction of sp³-hybridized carbons (Fsp3) is 0.764. The van der Waals surface area contributed by atoms with Gasteiger partial charge in [-0.1, -0.05) is 254 Å². The van der Waals surface area contributed by atoms with Crippen LogP contribution in [0.15, 0.2) is 72.9 Å². The summed E-state index contributed by atoms with van der Waals surface area (Å²) < 4.78 is 0. The fourth-order valence-electron chi connectivity index (χ4n) is 7.60. The summed E-state index contributed by atoms with van der Waals surface area (Å²) in [6, 6.07) is -0.550. The monoisotopic (exact) mass is 822 g/mol. The maximum Gasteiger partial charge on any atom is 0.220 e. The third kappa shape index (κ3) is 46.7. The Labute approximate surface area is 368 Å². The number of aliphatic hydroxyl groups excluding tert-OH is 2. The average Bonchev–Trinajstić information content (AvgIpc) is 3.24. The van der Waals surface area contributed by atoms with Crippen LogP contribution in [0.4, 0.5) is 0 Å². The first kappa shape index (κ1) is 56.8. The van der Waals surface area contributed by atoms with Crippen molar-refractivity contribution in [2.24, 2.45) is 0 Å². The molecular weight excluding hydrogens is 723 g/mol. The summed E-state index contributed by atoms with van der Waals surface area (Å²) in [5.74, 6) is -0.0465. The Morgan fingerprint density at radius 3 is 1.12 bits per heavy atom. The van der Waals surface area contributed by atoms with Crippen molar-refractivity contribution in [1.82, 2.24) is 5.32 Å². The van der Waals surface area contributed by atoms with E-state index in [1.807, 2.05) is 0 Å². The summed E-state index contributed by atoms with van der Waals surface area (Å²) in [7, 11) is 0. The quantitative estimate of drug-likeness (QED) is 0.0423. The second-order valence-corrected chi connectivity index (χ2v) is 17.2. The maximum absolute atomic E-state index is 12.5. The summed E-state index contributed by atoms with van der Waals surface area (Å²) in [5, 5.41) is 23.3. The standard InChI is InChI=1S/C55H99NO3/c1-3-5-7-9-11-13-15-17-19-21-23-25-27-28-29-31-33-35-37-39-41-43-45-47-49-51-55(59)56-53(52-57)54(58)50-48-46-44-42-40-38-36-34-32-30-26-24-22-20-18-16-14-12-10-8-6-4-2/h5,7,11,13,17,19,23,25,28-29,33,35,53-54,57-58H,3-4,6,8-10,12,14-16,18,20-22,24,26-27,30-32,34,36-52H2,1-2H3,(H,56,59)/b7-5-,13-11-,19-17-,25-23-,29-28-,35-33-. The van der Waals surface area contributed by atoms with Crippen molar-refractivity contribution < 1.29 is 15.0 Å². The molecule has 2 unspecified atom stereocenters. The molecule has 2 atom stereocenters. The number of rotatable bonds is 46. The molecule has 0 bridgehead atoms. The van der Waals surface area contributed by atoms with Crippen molar-refractivity contribution in [2.75, 3.05) is 6.61 Å². The lowest BCUT2D eigenvalue weighted by atomic mass is 10.0. The maximum atomic E-state index is 12.5. The molecule has 0 aromatic carbocycles. The lowest BCUT2D eigenvalue weighted by Crippen LogP contribution is -2.45. The topological polar surface area (TPSA) is 69.6 Å². The minimum absolute atomic E-state index is 0.0465. The van der Waals surface area contributed by atoms with Crippen molar-refractivity contribution in [3.8, 4) is 0 Å². The zero-order valence-corrected chi connectivity index (χ0v) is 39.3. The molecule has 0 aliphatic rings. The Morgan fingerprint density at radius 1 is 0.424 bits per heavy atom. The largest absolute Gasteiger partial charge is 0.394 e.